The Morgan fingerprint density at radius 1 is 1.43 bits per heavy atom. The molecule has 7 heteroatoms. The lowest BCUT2D eigenvalue weighted by Crippen LogP contribution is -2.46. The van der Waals surface area contributed by atoms with Gasteiger partial charge in [-0.2, -0.15) is 0 Å². The summed E-state index contributed by atoms with van der Waals surface area (Å²) in [5.74, 6) is 1.24. The summed E-state index contributed by atoms with van der Waals surface area (Å²) in [6.45, 7) is 5.41. The number of thioether (sulfide) groups is 1. The number of amides is 2. The molecule has 1 aliphatic heterocycles. The van der Waals surface area contributed by atoms with Crippen LogP contribution in [0.15, 0.2) is 24.4 Å². The van der Waals surface area contributed by atoms with E-state index in [-0.39, 0.29) is 5.91 Å². The summed E-state index contributed by atoms with van der Waals surface area (Å²) >= 11 is 1.53. The molecule has 0 spiro atoms. The quantitative estimate of drug-likeness (QED) is 0.908. The highest BCUT2D eigenvalue weighted by Crippen LogP contribution is 2.24. The zero-order valence-electron chi connectivity index (χ0n) is 12.3. The number of carbonyl (C=O) groups excluding carboxylic acids is 2. The first kappa shape index (κ1) is 15.6. The number of hydrogen-bond acceptors (Lipinski definition) is 5. The highest BCUT2D eigenvalue weighted by molar-refractivity contribution is 7.99. The number of anilines is 1. The van der Waals surface area contributed by atoms with Gasteiger partial charge in [0.2, 0.25) is 5.91 Å². The Labute approximate surface area is 128 Å². The first-order chi connectivity index (χ1) is 9.87. The fraction of sp³-hybridized carbons (Fsp3) is 0.500. The third-order valence-corrected chi connectivity index (χ3v) is 3.74. The summed E-state index contributed by atoms with van der Waals surface area (Å²) in [4.78, 5) is 29.9. The molecule has 0 aliphatic carbocycles. The molecule has 2 rings (SSSR count). The third kappa shape index (κ3) is 4.35. The first-order valence-electron chi connectivity index (χ1n) is 6.66. The summed E-state index contributed by atoms with van der Waals surface area (Å²) in [7, 11) is 0. The topological polar surface area (TPSA) is 71.5 Å². The van der Waals surface area contributed by atoms with Crippen LogP contribution in [0.3, 0.4) is 0 Å². The molecule has 114 valence electrons. The summed E-state index contributed by atoms with van der Waals surface area (Å²) in [5, 5.41) is 2.72. The number of nitrogens with zero attached hydrogens (tertiary/aromatic N) is 2. The Morgan fingerprint density at radius 3 is 2.81 bits per heavy atom. The lowest BCUT2D eigenvalue weighted by Gasteiger charge is -2.27. The van der Waals surface area contributed by atoms with Crippen LogP contribution in [-0.2, 0) is 9.53 Å². The smallest absolute Gasteiger partial charge is 0.411 e. The van der Waals surface area contributed by atoms with Gasteiger partial charge in [0, 0.05) is 11.9 Å². The summed E-state index contributed by atoms with van der Waals surface area (Å²) in [6.07, 6.45) is 1.14. The van der Waals surface area contributed by atoms with Crippen LogP contribution in [0.25, 0.3) is 0 Å². The van der Waals surface area contributed by atoms with Gasteiger partial charge in [0.15, 0.2) is 0 Å². The van der Waals surface area contributed by atoms with Crippen LogP contribution in [0.5, 0.6) is 0 Å². The highest BCUT2D eigenvalue weighted by Gasteiger charge is 2.37. The molecule has 1 fully saturated rings. The molecule has 2 amide bonds. The van der Waals surface area contributed by atoms with E-state index in [9.17, 15) is 9.59 Å². The Hall–Kier alpha value is -1.76. The average Bonchev–Trinajstić information content (AvgIpc) is 2.87. The van der Waals surface area contributed by atoms with Crippen molar-refractivity contribution in [2.24, 2.45) is 0 Å². The standard InChI is InChI=1S/C14H19N3O3S/c1-14(2,3)20-13(19)17-9-21-8-10(17)12(18)16-11-6-4-5-7-15-11/h4-7,10H,8-9H2,1-3H3,(H,15,16,18)/t10-/m1/s1. The van der Waals surface area contributed by atoms with Crippen molar-refractivity contribution in [2.75, 3.05) is 16.9 Å². The SMILES string of the molecule is CC(C)(C)OC(=O)N1CSC[C@@H]1C(=O)Nc1ccccn1. The molecule has 1 saturated heterocycles. The number of aromatic nitrogens is 1. The van der Waals surface area contributed by atoms with Crippen molar-refractivity contribution in [2.45, 2.75) is 32.4 Å². The van der Waals surface area contributed by atoms with E-state index < -0.39 is 17.7 Å². The second-order valence-corrected chi connectivity index (χ2v) is 6.67. The lowest BCUT2D eigenvalue weighted by molar-refractivity contribution is -0.120. The van der Waals surface area contributed by atoms with Gasteiger partial charge in [-0.05, 0) is 32.9 Å². The zero-order chi connectivity index (χ0) is 15.5. The van der Waals surface area contributed by atoms with Gasteiger partial charge in [-0.3, -0.25) is 9.69 Å². The molecular weight excluding hydrogens is 290 g/mol. The minimum atomic E-state index is -0.577. The predicted octanol–water partition coefficient (Wildman–Crippen LogP) is 2.33. The Balaban J connectivity index is 2.01. The number of nitrogens with one attached hydrogen (secondary N) is 1. The second kappa shape index (κ2) is 6.34. The van der Waals surface area contributed by atoms with Crippen molar-refractivity contribution in [3.63, 3.8) is 0 Å². The van der Waals surface area contributed by atoms with Gasteiger partial charge in [-0.15, -0.1) is 11.8 Å². The van der Waals surface area contributed by atoms with Crippen LogP contribution in [0.2, 0.25) is 0 Å². The Kier molecular flexibility index (Phi) is 4.72. The molecule has 0 bridgehead atoms. The molecule has 1 atom stereocenters. The maximum Gasteiger partial charge on any atom is 0.411 e. The molecule has 6 nitrogen and oxygen atoms in total. The van der Waals surface area contributed by atoms with E-state index in [0.717, 1.165) is 0 Å². The fourth-order valence-electron chi connectivity index (χ4n) is 1.81. The lowest BCUT2D eigenvalue weighted by atomic mass is 10.2. The number of carbonyl (C=O) groups is 2. The van der Waals surface area contributed by atoms with Crippen LogP contribution in [0.1, 0.15) is 20.8 Å². The Morgan fingerprint density at radius 2 is 2.19 bits per heavy atom. The van der Waals surface area contributed by atoms with Crippen molar-refractivity contribution >= 4 is 29.6 Å². The van der Waals surface area contributed by atoms with Crippen LogP contribution in [0, 0.1) is 0 Å². The molecule has 1 aliphatic rings. The van der Waals surface area contributed by atoms with E-state index in [0.29, 0.717) is 17.4 Å². The van der Waals surface area contributed by atoms with Crippen LogP contribution in [-0.4, -0.2) is 45.2 Å². The monoisotopic (exact) mass is 309 g/mol. The first-order valence-corrected chi connectivity index (χ1v) is 7.81. The Bertz CT molecular complexity index is 516. The van der Waals surface area contributed by atoms with Gasteiger partial charge in [0.1, 0.15) is 17.5 Å². The van der Waals surface area contributed by atoms with Crippen LogP contribution in [0.4, 0.5) is 10.6 Å². The summed E-state index contributed by atoms with van der Waals surface area (Å²) in [5.41, 5.74) is -0.577. The molecule has 1 aromatic rings. The molecule has 21 heavy (non-hydrogen) atoms. The maximum atomic E-state index is 12.3. The van der Waals surface area contributed by atoms with Gasteiger partial charge in [0.25, 0.3) is 0 Å². The van der Waals surface area contributed by atoms with Gasteiger partial charge in [0.05, 0.1) is 5.88 Å². The zero-order valence-corrected chi connectivity index (χ0v) is 13.1. The second-order valence-electron chi connectivity index (χ2n) is 5.67. The van der Waals surface area contributed by atoms with Gasteiger partial charge < -0.3 is 10.1 Å². The number of pyridine rings is 1. The number of ether oxygens (including phenoxy) is 1. The molecule has 0 aromatic carbocycles. The molecule has 0 saturated carbocycles. The van der Waals surface area contributed by atoms with Crippen molar-refractivity contribution in [1.29, 1.82) is 0 Å². The molecule has 0 radical (unpaired) electrons. The maximum absolute atomic E-state index is 12.3. The van der Waals surface area contributed by atoms with E-state index in [1.807, 2.05) is 0 Å². The minimum absolute atomic E-state index is 0.246. The van der Waals surface area contributed by atoms with Crippen molar-refractivity contribution in [1.82, 2.24) is 9.88 Å². The predicted molar refractivity (Wildman–Crippen MR) is 82.1 cm³/mol. The van der Waals surface area contributed by atoms with Crippen molar-refractivity contribution < 1.29 is 14.3 Å². The molecule has 0 unspecified atom stereocenters. The third-order valence-electron chi connectivity index (χ3n) is 2.73. The van der Waals surface area contributed by atoms with Gasteiger partial charge >= 0.3 is 6.09 Å². The van der Waals surface area contributed by atoms with E-state index in [2.05, 4.69) is 10.3 Å². The van der Waals surface area contributed by atoms with E-state index >= 15 is 0 Å². The van der Waals surface area contributed by atoms with Crippen LogP contribution >= 0.6 is 11.8 Å². The molecular formula is C14H19N3O3S. The van der Waals surface area contributed by atoms with Crippen molar-refractivity contribution in [3.8, 4) is 0 Å². The van der Waals surface area contributed by atoms with Gasteiger partial charge in [-0.25, -0.2) is 9.78 Å². The number of hydrogen-bond donors (Lipinski definition) is 1. The van der Waals surface area contributed by atoms with Gasteiger partial charge in [-0.1, -0.05) is 6.07 Å². The molecule has 1 N–H and O–H groups in total. The van der Waals surface area contributed by atoms with E-state index in [1.165, 1.54) is 16.7 Å². The van der Waals surface area contributed by atoms with Crippen molar-refractivity contribution in [3.05, 3.63) is 24.4 Å². The summed E-state index contributed by atoms with van der Waals surface area (Å²) < 4.78 is 5.33. The molecule has 1 aromatic heterocycles. The normalized spacial score (nSPS) is 18.4. The fourth-order valence-corrected chi connectivity index (χ4v) is 2.95. The minimum Gasteiger partial charge on any atom is -0.444 e. The summed E-state index contributed by atoms with van der Waals surface area (Å²) in [6, 6.07) is 4.73. The highest BCUT2D eigenvalue weighted by atomic mass is 32.2. The number of rotatable bonds is 2. The van der Waals surface area contributed by atoms with E-state index in [1.54, 1.807) is 45.2 Å². The average molecular weight is 309 g/mol. The largest absolute Gasteiger partial charge is 0.444 e. The van der Waals surface area contributed by atoms with E-state index in [4.69, 9.17) is 4.74 Å². The molecule has 2 heterocycles. The van der Waals surface area contributed by atoms with Crippen LogP contribution < -0.4 is 5.32 Å².